The van der Waals surface area contributed by atoms with Crippen molar-refractivity contribution < 1.29 is 19.8 Å². The Labute approximate surface area is 119 Å². The first-order valence-electron chi connectivity index (χ1n) is 7.26. The van der Waals surface area contributed by atoms with Gasteiger partial charge in [-0.1, -0.05) is 6.42 Å². The average molecular weight is 284 g/mol. The Balaban J connectivity index is 2.08. The van der Waals surface area contributed by atoms with Gasteiger partial charge in [-0.05, 0) is 33.4 Å². The lowest BCUT2D eigenvalue weighted by Crippen LogP contribution is -2.45. The molecule has 1 aliphatic carbocycles. The van der Waals surface area contributed by atoms with Crippen molar-refractivity contribution >= 4 is 11.9 Å². The SMILES string of the molecule is CN(C)CC1CC(O)CN1C(=O)C1CCCC1C(=O)O. The van der Waals surface area contributed by atoms with Crippen molar-refractivity contribution in [2.24, 2.45) is 11.8 Å². The van der Waals surface area contributed by atoms with E-state index in [-0.39, 0.29) is 11.9 Å². The van der Waals surface area contributed by atoms with Crippen LogP contribution in [0, 0.1) is 11.8 Å². The molecule has 0 radical (unpaired) electrons. The molecule has 2 N–H and O–H groups in total. The second-order valence-corrected chi connectivity index (χ2v) is 6.28. The summed E-state index contributed by atoms with van der Waals surface area (Å²) in [6, 6.07) is -0.0115. The van der Waals surface area contributed by atoms with Crippen LogP contribution < -0.4 is 0 Å². The van der Waals surface area contributed by atoms with E-state index in [0.29, 0.717) is 32.4 Å². The minimum Gasteiger partial charge on any atom is -0.481 e. The predicted octanol–water partition coefficient (Wildman–Crippen LogP) is 0.0107. The summed E-state index contributed by atoms with van der Waals surface area (Å²) in [7, 11) is 3.87. The largest absolute Gasteiger partial charge is 0.481 e. The lowest BCUT2D eigenvalue weighted by Gasteiger charge is -2.30. The first kappa shape index (κ1) is 15.3. The summed E-state index contributed by atoms with van der Waals surface area (Å²) in [5, 5.41) is 19.0. The molecule has 1 saturated carbocycles. The maximum Gasteiger partial charge on any atom is 0.307 e. The zero-order valence-electron chi connectivity index (χ0n) is 12.2. The van der Waals surface area contributed by atoms with Crippen LogP contribution in [0.3, 0.4) is 0 Å². The number of rotatable bonds is 4. The maximum atomic E-state index is 12.6. The van der Waals surface area contributed by atoms with Gasteiger partial charge in [0, 0.05) is 19.1 Å². The second-order valence-electron chi connectivity index (χ2n) is 6.28. The number of aliphatic carboxylic acids is 1. The van der Waals surface area contributed by atoms with Crippen LogP contribution in [0.25, 0.3) is 0 Å². The Kier molecular flexibility index (Phi) is 4.65. The van der Waals surface area contributed by atoms with Crippen LogP contribution in [-0.2, 0) is 9.59 Å². The number of aliphatic hydroxyl groups is 1. The van der Waals surface area contributed by atoms with E-state index in [1.165, 1.54) is 0 Å². The summed E-state index contributed by atoms with van der Waals surface area (Å²) in [6.07, 6.45) is 2.11. The molecule has 0 aromatic carbocycles. The number of carbonyl (C=O) groups is 2. The van der Waals surface area contributed by atoms with Crippen molar-refractivity contribution in [3.8, 4) is 0 Å². The second kappa shape index (κ2) is 6.10. The number of likely N-dealkylation sites (N-methyl/N-ethyl adjacent to an activating group) is 1. The van der Waals surface area contributed by atoms with E-state index in [4.69, 9.17) is 0 Å². The summed E-state index contributed by atoms with van der Waals surface area (Å²) in [5.41, 5.74) is 0. The van der Waals surface area contributed by atoms with E-state index in [9.17, 15) is 19.8 Å². The molecule has 6 heteroatoms. The minimum atomic E-state index is -0.871. The first-order chi connectivity index (χ1) is 9.40. The molecule has 114 valence electrons. The molecule has 2 aliphatic rings. The van der Waals surface area contributed by atoms with E-state index >= 15 is 0 Å². The number of carbonyl (C=O) groups excluding carboxylic acids is 1. The number of carboxylic acid groups (broad SMARTS) is 1. The van der Waals surface area contributed by atoms with E-state index in [2.05, 4.69) is 0 Å². The van der Waals surface area contributed by atoms with Crippen LogP contribution in [0.2, 0.25) is 0 Å². The topological polar surface area (TPSA) is 81.1 Å². The predicted molar refractivity (Wildman–Crippen MR) is 73.1 cm³/mol. The number of amides is 1. The van der Waals surface area contributed by atoms with E-state index < -0.39 is 23.9 Å². The highest BCUT2D eigenvalue weighted by atomic mass is 16.4. The number of carboxylic acids is 1. The van der Waals surface area contributed by atoms with Gasteiger partial charge in [0.1, 0.15) is 0 Å². The zero-order valence-corrected chi connectivity index (χ0v) is 12.2. The van der Waals surface area contributed by atoms with E-state index in [1.54, 1.807) is 4.90 Å². The van der Waals surface area contributed by atoms with Gasteiger partial charge in [0.15, 0.2) is 0 Å². The van der Waals surface area contributed by atoms with Gasteiger partial charge in [0.05, 0.1) is 17.9 Å². The molecule has 0 aromatic rings. The number of hydrogen-bond acceptors (Lipinski definition) is 4. The molecule has 6 nitrogen and oxygen atoms in total. The minimum absolute atomic E-state index is 0.0115. The van der Waals surface area contributed by atoms with Crippen LogP contribution in [-0.4, -0.2) is 71.2 Å². The number of hydrogen-bond donors (Lipinski definition) is 2. The molecule has 2 rings (SSSR count). The Bertz CT molecular complexity index is 385. The Morgan fingerprint density at radius 3 is 2.50 bits per heavy atom. The van der Waals surface area contributed by atoms with Crippen molar-refractivity contribution in [3.05, 3.63) is 0 Å². The van der Waals surface area contributed by atoms with Gasteiger partial charge in [-0.3, -0.25) is 9.59 Å². The van der Waals surface area contributed by atoms with Gasteiger partial charge < -0.3 is 20.0 Å². The van der Waals surface area contributed by atoms with Crippen LogP contribution >= 0.6 is 0 Å². The zero-order chi connectivity index (χ0) is 14.9. The van der Waals surface area contributed by atoms with Gasteiger partial charge in [-0.15, -0.1) is 0 Å². The third-order valence-electron chi connectivity index (χ3n) is 4.40. The Hall–Kier alpha value is -1.14. The summed E-state index contributed by atoms with van der Waals surface area (Å²) in [6.45, 7) is 1.04. The summed E-state index contributed by atoms with van der Waals surface area (Å²) in [4.78, 5) is 27.6. The highest BCUT2D eigenvalue weighted by Gasteiger charge is 2.43. The fraction of sp³-hybridized carbons (Fsp3) is 0.857. The number of likely N-dealkylation sites (tertiary alicyclic amines) is 1. The highest BCUT2D eigenvalue weighted by Crippen LogP contribution is 2.35. The summed E-state index contributed by atoms with van der Waals surface area (Å²) in [5.74, 6) is -1.93. The lowest BCUT2D eigenvalue weighted by molar-refractivity contribution is -0.149. The average Bonchev–Trinajstić information content (AvgIpc) is 2.94. The number of nitrogens with zero attached hydrogens (tertiary/aromatic N) is 2. The van der Waals surface area contributed by atoms with Crippen molar-refractivity contribution in [2.75, 3.05) is 27.2 Å². The first-order valence-corrected chi connectivity index (χ1v) is 7.26. The van der Waals surface area contributed by atoms with Gasteiger partial charge in [0.25, 0.3) is 0 Å². The van der Waals surface area contributed by atoms with Crippen LogP contribution in [0.5, 0.6) is 0 Å². The molecule has 20 heavy (non-hydrogen) atoms. The number of aliphatic hydroxyl groups excluding tert-OH is 1. The molecular formula is C14H24N2O4. The van der Waals surface area contributed by atoms with Crippen molar-refractivity contribution in [1.82, 2.24) is 9.80 Å². The summed E-state index contributed by atoms with van der Waals surface area (Å²) < 4.78 is 0. The van der Waals surface area contributed by atoms with E-state index in [0.717, 1.165) is 6.42 Å². The molecule has 4 atom stereocenters. The van der Waals surface area contributed by atoms with Crippen LogP contribution in [0.4, 0.5) is 0 Å². The van der Waals surface area contributed by atoms with Gasteiger partial charge in [-0.25, -0.2) is 0 Å². The van der Waals surface area contributed by atoms with E-state index in [1.807, 2.05) is 19.0 Å². The molecule has 1 aliphatic heterocycles. The fourth-order valence-electron chi connectivity index (χ4n) is 3.52. The molecule has 4 unspecified atom stereocenters. The molecule has 1 saturated heterocycles. The Morgan fingerprint density at radius 2 is 1.90 bits per heavy atom. The molecule has 1 amide bonds. The molecule has 1 heterocycles. The van der Waals surface area contributed by atoms with Gasteiger partial charge in [0.2, 0.25) is 5.91 Å². The molecule has 0 aromatic heterocycles. The van der Waals surface area contributed by atoms with Crippen LogP contribution in [0.15, 0.2) is 0 Å². The standard InChI is InChI=1S/C14H24N2O4/c1-15(2)7-9-6-10(17)8-16(9)13(18)11-4-3-5-12(11)14(19)20/h9-12,17H,3-8H2,1-2H3,(H,19,20). The lowest BCUT2D eigenvalue weighted by atomic mass is 9.94. The number of β-amino-alcohol motifs (C(OH)–C–C–N with tert-alkyl or cyclic N) is 1. The van der Waals surface area contributed by atoms with Crippen molar-refractivity contribution in [2.45, 2.75) is 37.8 Å². The normalized spacial score (nSPS) is 33.9. The molecular weight excluding hydrogens is 260 g/mol. The van der Waals surface area contributed by atoms with Crippen LogP contribution in [0.1, 0.15) is 25.7 Å². The molecule has 2 fully saturated rings. The Morgan fingerprint density at radius 1 is 1.25 bits per heavy atom. The smallest absolute Gasteiger partial charge is 0.307 e. The quantitative estimate of drug-likeness (QED) is 0.760. The van der Waals surface area contributed by atoms with Crippen molar-refractivity contribution in [3.63, 3.8) is 0 Å². The van der Waals surface area contributed by atoms with Crippen molar-refractivity contribution in [1.29, 1.82) is 0 Å². The summed E-state index contributed by atoms with van der Waals surface area (Å²) >= 11 is 0. The molecule has 0 spiro atoms. The van der Waals surface area contributed by atoms with Gasteiger partial charge >= 0.3 is 5.97 Å². The third-order valence-corrected chi connectivity index (χ3v) is 4.40. The monoisotopic (exact) mass is 284 g/mol. The molecule has 0 bridgehead atoms. The third kappa shape index (κ3) is 3.12. The van der Waals surface area contributed by atoms with Gasteiger partial charge in [-0.2, -0.15) is 0 Å². The highest BCUT2D eigenvalue weighted by molar-refractivity contribution is 5.85. The fourth-order valence-corrected chi connectivity index (χ4v) is 3.52. The maximum absolute atomic E-state index is 12.6.